The molecule has 1 aromatic heterocycles. The van der Waals surface area contributed by atoms with Gasteiger partial charge in [-0.1, -0.05) is 19.0 Å². The Kier molecular flexibility index (Phi) is 4.52. The van der Waals surface area contributed by atoms with Crippen molar-refractivity contribution in [2.75, 3.05) is 45.9 Å². The van der Waals surface area contributed by atoms with Crippen LogP contribution in [0.3, 0.4) is 0 Å². The second-order valence-electron chi connectivity index (χ2n) is 7.38. The third kappa shape index (κ3) is 2.92. The number of aromatic nitrogens is 2. The van der Waals surface area contributed by atoms with Crippen LogP contribution >= 0.6 is 0 Å². The minimum atomic E-state index is -0.0659. The first-order valence-corrected chi connectivity index (χ1v) is 8.40. The molecule has 0 saturated carbocycles. The third-order valence-corrected chi connectivity index (χ3v) is 5.06. The molecule has 2 aliphatic rings. The molecule has 0 aliphatic carbocycles. The van der Waals surface area contributed by atoms with Gasteiger partial charge in [0.2, 0.25) is 5.89 Å². The number of aliphatic hydroxyl groups excluding tert-OH is 1. The number of β-amino-alcohol motifs (C(OH)–C–C–N with tert-alkyl or cyclic N) is 1. The van der Waals surface area contributed by atoms with E-state index in [1.165, 1.54) is 0 Å². The zero-order chi connectivity index (χ0) is 15.7. The molecular weight excluding hydrogens is 280 g/mol. The van der Waals surface area contributed by atoms with Crippen molar-refractivity contribution in [1.29, 1.82) is 0 Å². The van der Waals surface area contributed by atoms with Crippen molar-refractivity contribution < 1.29 is 9.63 Å². The van der Waals surface area contributed by atoms with E-state index in [9.17, 15) is 5.11 Å². The molecular formula is C16H28N4O2. The van der Waals surface area contributed by atoms with Crippen molar-refractivity contribution in [1.82, 2.24) is 19.9 Å². The zero-order valence-electron chi connectivity index (χ0n) is 14.0. The Hall–Kier alpha value is -0.980. The Morgan fingerprint density at radius 3 is 2.77 bits per heavy atom. The summed E-state index contributed by atoms with van der Waals surface area (Å²) < 4.78 is 5.61. The summed E-state index contributed by atoms with van der Waals surface area (Å²) in [6.07, 6.45) is 1.13. The van der Waals surface area contributed by atoms with Crippen LogP contribution in [-0.4, -0.2) is 70.9 Å². The van der Waals surface area contributed by atoms with Crippen molar-refractivity contribution >= 4 is 0 Å². The summed E-state index contributed by atoms with van der Waals surface area (Å²) in [4.78, 5) is 9.48. The van der Waals surface area contributed by atoms with Gasteiger partial charge in [0, 0.05) is 32.7 Å². The highest BCUT2D eigenvalue weighted by molar-refractivity contribution is 5.17. The van der Waals surface area contributed by atoms with Crippen LogP contribution in [0.5, 0.6) is 0 Å². The molecule has 2 aliphatic heterocycles. The molecule has 0 spiro atoms. The van der Waals surface area contributed by atoms with E-state index in [1.807, 2.05) is 6.92 Å². The molecule has 0 amide bonds. The molecule has 0 unspecified atom stereocenters. The Bertz CT molecular complexity index is 504. The average Bonchev–Trinajstić information content (AvgIpc) is 3.02. The topological polar surface area (TPSA) is 65.6 Å². The van der Waals surface area contributed by atoms with Gasteiger partial charge >= 0.3 is 0 Å². The highest BCUT2D eigenvalue weighted by Gasteiger charge is 2.54. The number of likely N-dealkylation sites (tertiary alicyclic amines) is 2. The number of nitrogens with zero attached hydrogens (tertiary/aromatic N) is 4. The first-order valence-electron chi connectivity index (χ1n) is 8.40. The molecule has 124 valence electrons. The van der Waals surface area contributed by atoms with Gasteiger partial charge in [0.15, 0.2) is 5.82 Å². The van der Waals surface area contributed by atoms with Gasteiger partial charge in [-0.2, -0.15) is 4.98 Å². The van der Waals surface area contributed by atoms with Crippen LogP contribution < -0.4 is 0 Å². The highest BCUT2D eigenvalue weighted by atomic mass is 16.5. The molecule has 0 bridgehead atoms. The van der Waals surface area contributed by atoms with Crippen LogP contribution in [0.1, 0.15) is 32.0 Å². The maximum Gasteiger partial charge on any atom is 0.235 e. The maximum absolute atomic E-state index is 9.29. The van der Waals surface area contributed by atoms with E-state index in [0.717, 1.165) is 51.6 Å². The Morgan fingerprint density at radius 1 is 1.36 bits per heavy atom. The normalized spacial score (nSPS) is 30.1. The minimum absolute atomic E-state index is 0.0659. The lowest BCUT2D eigenvalue weighted by atomic mass is 9.73. The van der Waals surface area contributed by atoms with Crippen LogP contribution in [0.25, 0.3) is 0 Å². The summed E-state index contributed by atoms with van der Waals surface area (Å²) in [7, 11) is 0. The standard InChI is InChI=1S/C16H28N4O2/c1-12(2)8-20-9-14-4-5-19(6-7-21)10-16(14,11-20)15-17-13(3)18-22-15/h12,14,21H,4-11H2,1-3H3/t14-,16-/m0/s1. The number of aliphatic hydroxyl groups is 1. The second-order valence-corrected chi connectivity index (χ2v) is 7.38. The monoisotopic (exact) mass is 308 g/mol. The molecule has 3 heterocycles. The SMILES string of the molecule is Cc1noc([C@]23CN(CCO)CC[C@H]2CN(CC(C)C)C3)n1. The number of hydrogen-bond donors (Lipinski definition) is 1. The second kappa shape index (κ2) is 6.26. The molecule has 22 heavy (non-hydrogen) atoms. The maximum atomic E-state index is 9.29. The molecule has 0 radical (unpaired) electrons. The van der Waals surface area contributed by atoms with Crippen LogP contribution in [0.4, 0.5) is 0 Å². The van der Waals surface area contributed by atoms with Crippen LogP contribution in [-0.2, 0) is 5.41 Å². The van der Waals surface area contributed by atoms with Crippen LogP contribution in [0.2, 0.25) is 0 Å². The van der Waals surface area contributed by atoms with Crippen molar-refractivity contribution in [3.63, 3.8) is 0 Å². The Balaban J connectivity index is 1.87. The summed E-state index contributed by atoms with van der Waals surface area (Å²) in [6.45, 7) is 12.5. The van der Waals surface area contributed by atoms with E-state index in [0.29, 0.717) is 17.7 Å². The van der Waals surface area contributed by atoms with Crippen molar-refractivity contribution in [3.8, 4) is 0 Å². The lowest BCUT2D eigenvalue weighted by Crippen LogP contribution is -2.52. The Labute approximate surface area is 132 Å². The van der Waals surface area contributed by atoms with Gasteiger partial charge in [-0.05, 0) is 31.7 Å². The quantitative estimate of drug-likeness (QED) is 0.872. The summed E-state index contributed by atoms with van der Waals surface area (Å²) >= 11 is 0. The van der Waals surface area contributed by atoms with Gasteiger partial charge in [-0.15, -0.1) is 0 Å². The summed E-state index contributed by atoms with van der Waals surface area (Å²) in [5.41, 5.74) is -0.0659. The zero-order valence-corrected chi connectivity index (χ0v) is 14.0. The van der Waals surface area contributed by atoms with E-state index < -0.39 is 0 Å². The van der Waals surface area contributed by atoms with Gasteiger partial charge in [0.05, 0.1) is 12.0 Å². The number of rotatable bonds is 5. The fraction of sp³-hybridized carbons (Fsp3) is 0.875. The van der Waals surface area contributed by atoms with Gasteiger partial charge < -0.3 is 14.5 Å². The van der Waals surface area contributed by atoms with E-state index >= 15 is 0 Å². The van der Waals surface area contributed by atoms with E-state index in [-0.39, 0.29) is 12.0 Å². The predicted molar refractivity (Wildman–Crippen MR) is 83.6 cm³/mol. The van der Waals surface area contributed by atoms with Crippen molar-refractivity contribution in [3.05, 3.63) is 11.7 Å². The van der Waals surface area contributed by atoms with E-state index in [2.05, 4.69) is 33.8 Å². The summed E-state index contributed by atoms with van der Waals surface area (Å²) in [6, 6.07) is 0. The van der Waals surface area contributed by atoms with E-state index in [4.69, 9.17) is 4.52 Å². The minimum Gasteiger partial charge on any atom is -0.395 e. The first kappa shape index (κ1) is 15.9. The van der Waals surface area contributed by atoms with Crippen molar-refractivity contribution in [2.45, 2.75) is 32.6 Å². The van der Waals surface area contributed by atoms with Crippen LogP contribution in [0, 0.1) is 18.8 Å². The summed E-state index contributed by atoms with van der Waals surface area (Å²) in [5.74, 6) is 2.74. The fourth-order valence-electron chi connectivity index (χ4n) is 4.24. The smallest absolute Gasteiger partial charge is 0.235 e. The number of piperidine rings is 1. The van der Waals surface area contributed by atoms with Gasteiger partial charge in [0.1, 0.15) is 0 Å². The van der Waals surface area contributed by atoms with Gasteiger partial charge in [-0.25, -0.2) is 0 Å². The largest absolute Gasteiger partial charge is 0.395 e. The van der Waals surface area contributed by atoms with Crippen molar-refractivity contribution in [2.24, 2.45) is 11.8 Å². The lowest BCUT2D eigenvalue weighted by Gasteiger charge is -2.41. The molecule has 1 N–H and O–H groups in total. The molecule has 1 aromatic rings. The average molecular weight is 308 g/mol. The predicted octanol–water partition coefficient (Wildman–Crippen LogP) is 0.902. The molecule has 2 atom stereocenters. The number of hydrogen-bond acceptors (Lipinski definition) is 6. The molecule has 6 nitrogen and oxygen atoms in total. The van der Waals surface area contributed by atoms with Crippen LogP contribution in [0.15, 0.2) is 4.52 Å². The molecule has 2 saturated heterocycles. The molecule has 6 heteroatoms. The van der Waals surface area contributed by atoms with Gasteiger partial charge in [0.25, 0.3) is 0 Å². The third-order valence-electron chi connectivity index (χ3n) is 5.06. The molecule has 2 fully saturated rings. The fourth-order valence-corrected chi connectivity index (χ4v) is 4.24. The number of fused-ring (bicyclic) bond motifs is 1. The lowest BCUT2D eigenvalue weighted by molar-refractivity contribution is 0.0785. The highest BCUT2D eigenvalue weighted by Crippen LogP contribution is 2.44. The first-order chi connectivity index (χ1) is 10.5. The molecule has 3 rings (SSSR count). The Morgan fingerprint density at radius 2 is 2.14 bits per heavy atom. The molecule has 0 aromatic carbocycles. The summed E-state index contributed by atoms with van der Waals surface area (Å²) in [5, 5.41) is 13.3. The van der Waals surface area contributed by atoms with Gasteiger partial charge in [-0.3, -0.25) is 4.90 Å². The number of aryl methyl sites for hydroxylation is 1. The van der Waals surface area contributed by atoms with E-state index in [1.54, 1.807) is 0 Å².